The zero-order chi connectivity index (χ0) is 16.7. The van der Waals surface area contributed by atoms with Crippen molar-refractivity contribution in [3.8, 4) is 0 Å². The van der Waals surface area contributed by atoms with Gasteiger partial charge in [0.05, 0.1) is 0 Å². The lowest BCUT2D eigenvalue weighted by molar-refractivity contribution is 0.218. The van der Waals surface area contributed by atoms with Gasteiger partial charge in [0.15, 0.2) is 14.9 Å². The molecule has 1 spiro atoms. The van der Waals surface area contributed by atoms with E-state index in [1.807, 2.05) is 0 Å². The van der Waals surface area contributed by atoms with Gasteiger partial charge >= 0.3 is 0 Å². The summed E-state index contributed by atoms with van der Waals surface area (Å²) < 4.78 is 49.8. The zero-order valence-corrected chi connectivity index (χ0v) is 14.7. The van der Waals surface area contributed by atoms with Crippen molar-refractivity contribution >= 4 is 19.9 Å². The van der Waals surface area contributed by atoms with Crippen molar-refractivity contribution < 1.29 is 16.8 Å². The second-order valence-electron chi connectivity index (χ2n) is 6.44. The number of hydrogen-bond donors (Lipinski definition) is 1. The number of nitrogens with zero attached hydrogens (tertiary/aromatic N) is 2. The number of piperidine rings is 1. The number of nitrogens with one attached hydrogen (secondary N) is 1. The van der Waals surface area contributed by atoms with Gasteiger partial charge in [0.2, 0.25) is 10.0 Å². The molecule has 7 nitrogen and oxygen atoms in total. The predicted molar refractivity (Wildman–Crippen MR) is 85.3 cm³/mol. The van der Waals surface area contributed by atoms with Crippen LogP contribution in [0.25, 0.3) is 0 Å². The number of rotatable bonds is 3. The van der Waals surface area contributed by atoms with Gasteiger partial charge in [-0.1, -0.05) is 0 Å². The van der Waals surface area contributed by atoms with Gasteiger partial charge in [-0.25, -0.2) is 21.8 Å². The van der Waals surface area contributed by atoms with E-state index in [1.165, 1.54) is 16.4 Å². The highest BCUT2D eigenvalue weighted by molar-refractivity contribution is 7.90. The fraction of sp³-hybridized carbons (Fsp3) is 0.643. The third-order valence-electron chi connectivity index (χ3n) is 4.79. The molecule has 0 aliphatic carbocycles. The Labute approximate surface area is 137 Å². The molecule has 0 unspecified atom stereocenters. The Morgan fingerprint density at radius 2 is 1.83 bits per heavy atom. The number of sulfone groups is 1. The summed E-state index contributed by atoms with van der Waals surface area (Å²) in [5.41, 5.74) is 0.0818. The monoisotopic (exact) mass is 359 g/mol. The van der Waals surface area contributed by atoms with Crippen LogP contribution in [-0.4, -0.2) is 58.6 Å². The number of hydrogen-bond acceptors (Lipinski definition) is 6. The van der Waals surface area contributed by atoms with Crippen LogP contribution >= 0.6 is 0 Å². The largest absolute Gasteiger partial charge is 0.317 e. The van der Waals surface area contributed by atoms with Crippen LogP contribution in [-0.2, 0) is 19.9 Å². The maximum atomic E-state index is 12.7. The van der Waals surface area contributed by atoms with Crippen molar-refractivity contribution in [1.29, 1.82) is 0 Å². The van der Waals surface area contributed by atoms with E-state index in [9.17, 15) is 16.8 Å². The van der Waals surface area contributed by atoms with E-state index in [1.54, 1.807) is 0 Å². The van der Waals surface area contributed by atoms with E-state index in [2.05, 4.69) is 10.3 Å². The summed E-state index contributed by atoms with van der Waals surface area (Å²) in [4.78, 5) is 3.84. The number of aromatic nitrogens is 1. The van der Waals surface area contributed by atoms with E-state index < -0.39 is 19.9 Å². The highest BCUT2D eigenvalue weighted by atomic mass is 32.2. The lowest BCUT2D eigenvalue weighted by atomic mass is 9.78. The molecule has 1 aromatic heterocycles. The molecule has 2 saturated heterocycles. The summed E-state index contributed by atoms with van der Waals surface area (Å²) in [6, 6.07) is 2.57. The summed E-state index contributed by atoms with van der Waals surface area (Å²) in [6.07, 6.45) is 5.04. The fourth-order valence-corrected chi connectivity index (χ4v) is 5.41. The molecule has 0 saturated carbocycles. The van der Waals surface area contributed by atoms with Crippen molar-refractivity contribution in [2.24, 2.45) is 5.41 Å². The van der Waals surface area contributed by atoms with Gasteiger partial charge in [-0.3, -0.25) is 0 Å². The molecule has 3 rings (SSSR count). The summed E-state index contributed by atoms with van der Waals surface area (Å²) in [7, 11) is -7.05. The molecular formula is C14H21N3O4S2. The third-order valence-corrected chi connectivity index (χ3v) is 7.62. The average molecular weight is 359 g/mol. The van der Waals surface area contributed by atoms with Crippen LogP contribution in [0.2, 0.25) is 0 Å². The van der Waals surface area contributed by atoms with Crippen LogP contribution in [0.3, 0.4) is 0 Å². The molecule has 1 N–H and O–H groups in total. The first-order valence-corrected chi connectivity index (χ1v) is 10.9. The van der Waals surface area contributed by atoms with Crippen molar-refractivity contribution in [3.05, 3.63) is 18.3 Å². The van der Waals surface area contributed by atoms with Crippen LogP contribution in [0.1, 0.15) is 19.3 Å². The minimum atomic E-state index is -3.62. The number of pyridine rings is 1. The SMILES string of the molecule is CS(=O)(=O)c1ccc(S(=O)(=O)N2CCC3(CCNCC3)C2)cn1. The van der Waals surface area contributed by atoms with Crippen LogP contribution < -0.4 is 5.32 Å². The van der Waals surface area contributed by atoms with E-state index in [0.29, 0.717) is 13.1 Å². The number of sulfonamides is 1. The van der Waals surface area contributed by atoms with Crippen molar-refractivity contribution in [2.75, 3.05) is 32.4 Å². The van der Waals surface area contributed by atoms with Gasteiger partial charge in [-0.05, 0) is 49.9 Å². The molecule has 2 aliphatic heterocycles. The van der Waals surface area contributed by atoms with Gasteiger partial charge in [0, 0.05) is 25.5 Å². The molecule has 1 aromatic rings. The summed E-state index contributed by atoms with van der Waals surface area (Å²) in [5, 5.41) is 3.19. The molecule has 2 fully saturated rings. The molecule has 0 amide bonds. The lowest BCUT2D eigenvalue weighted by Gasteiger charge is -2.33. The fourth-order valence-electron chi connectivity index (χ4n) is 3.35. The molecular weight excluding hydrogens is 338 g/mol. The Bertz CT molecular complexity index is 782. The average Bonchev–Trinajstić information content (AvgIpc) is 2.92. The van der Waals surface area contributed by atoms with Crippen molar-refractivity contribution in [2.45, 2.75) is 29.2 Å². The second-order valence-corrected chi connectivity index (χ2v) is 10.3. The smallest absolute Gasteiger partial charge is 0.244 e. The molecule has 0 atom stereocenters. The van der Waals surface area contributed by atoms with Gasteiger partial charge < -0.3 is 5.32 Å². The minimum absolute atomic E-state index is 0.0517. The normalized spacial score (nSPS) is 22.5. The maximum absolute atomic E-state index is 12.7. The third kappa shape index (κ3) is 3.28. The highest BCUT2D eigenvalue weighted by Crippen LogP contribution is 2.40. The summed E-state index contributed by atoms with van der Waals surface area (Å²) in [6.45, 7) is 2.90. The maximum Gasteiger partial charge on any atom is 0.244 e. The van der Waals surface area contributed by atoms with Crippen molar-refractivity contribution in [1.82, 2.24) is 14.6 Å². The Hall–Kier alpha value is -1.03. The summed E-state index contributed by atoms with van der Waals surface area (Å²) in [5.74, 6) is 0. The van der Waals surface area contributed by atoms with E-state index in [4.69, 9.17) is 0 Å². The van der Waals surface area contributed by atoms with E-state index in [0.717, 1.165) is 44.8 Å². The summed E-state index contributed by atoms with van der Waals surface area (Å²) >= 11 is 0. The quantitative estimate of drug-likeness (QED) is 0.831. The molecule has 2 aliphatic rings. The molecule has 0 aromatic carbocycles. The van der Waals surface area contributed by atoms with Crippen LogP contribution in [0.4, 0.5) is 0 Å². The highest BCUT2D eigenvalue weighted by Gasteiger charge is 2.43. The molecule has 9 heteroatoms. The molecule has 0 bridgehead atoms. The first-order chi connectivity index (χ1) is 10.7. The second kappa shape index (κ2) is 5.80. The Morgan fingerprint density at radius 1 is 1.13 bits per heavy atom. The molecule has 128 valence electrons. The lowest BCUT2D eigenvalue weighted by Crippen LogP contribution is -2.39. The van der Waals surface area contributed by atoms with Gasteiger partial charge in [0.1, 0.15) is 4.90 Å². The standard InChI is InChI=1S/C14H21N3O4S2/c1-22(18,19)13-3-2-12(10-16-13)23(20,21)17-9-6-14(11-17)4-7-15-8-5-14/h2-3,10,15H,4-9,11H2,1H3. The first-order valence-electron chi connectivity index (χ1n) is 7.60. The van der Waals surface area contributed by atoms with Crippen LogP contribution in [0.15, 0.2) is 28.3 Å². The van der Waals surface area contributed by atoms with Gasteiger partial charge in [0.25, 0.3) is 0 Å². The van der Waals surface area contributed by atoms with Gasteiger partial charge in [-0.2, -0.15) is 4.31 Å². The predicted octanol–water partition coefficient (Wildman–Crippen LogP) is 0.249. The first kappa shape index (κ1) is 16.8. The van der Waals surface area contributed by atoms with Crippen LogP contribution in [0, 0.1) is 5.41 Å². The minimum Gasteiger partial charge on any atom is -0.317 e. The molecule has 3 heterocycles. The van der Waals surface area contributed by atoms with E-state index in [-0.39, 0.29) is 15.3 Å². The molecule has 23 heavy (non-hydrogen) atoms. The zero-order valence-electron chi connectivity index (χ0n) is 13.0. The Kier molecular flexibility index (Phi) is 4.24. The van der Waals surface area contributed by atoms with Gasteiger partial charge in [-0.15, -0.1) is 0 Å². The van der Waals surface area contributed by atoms with Crippen molar-refractivity contribution in [3.63, 3.8) is 0 Å². The topological polar surface area (TPSA) is 96.4 Å². The van der Waals surface area contributed by atoms with E-state index >= 15 is 0 Å². The van der Waals surface area contributed by atoms with Crippen LogP contribution in [0.5, 0.6) is 0 Å². The Morgan fingerprint density at radius 3 is 2.39 bits per heavy atom. The molecule has 0 radical (unpaired) electrons. The Balaban J connectivity index is 1.82.